The van der Waals surface area contributed by atoms with E-state index in [2.05, 4.69) is 5.32 Å². The molecule has 0 radical (unpaired) electrons. The number of hydrogen-bond donors (Lipinski definition) is 3. The number of aliphatic hydroxyl groups is 1. The molecule has 5 nitrogen and oxygen atoms in total. The third-order valence-electron chi connectivity index (χ3n) is 2.59. The van der Waals surface area contributed by atoms with E-state index in [0.29, 0.717) is 13.0 Å². The molecule has 1 fully saturated rings. The number of carbonyl (C=O) groups is 1. The molecule has 0 aromatic carbocycles. The van der Waals surface area contributed by atoms with Crippen LogP contribution in [0.15, 0.2) is 0 Å². The van der Waals surface area contributed by atoms with Crippen LogP contribution in [0.2, 0.25) is 0 Å². The molecule has 1 rings (SSSR count). The van der Waals surface area contributed by atoms with Gasteiger partial charge in [-0.3, -0.25) is 4.79 Å². The van der Waals surface area contributed by atoms with Crippen molar-refractivity contribution in [3.05, 3.63) is 0 Å². The van der Waals surface area contributed by atoms with Gasteiger partial charge < -0.3 is 20.5 Å². The third-order valence-corrected chi connectivity index (χ3v) is 2.59. The summed E-state index contributed by atoms with van der Waals surface area (Å²) in [6.07, 6.45) is -6.96. The van der Waals surface area contributed by atoms with E-state index in [1.807, 2.05) is 5.32 Å². The number of nitrogens with one attached hydrogen (secondary N) is 2. The number of methoxy groups -OCH3 is 1. The monoisotopic (exact) mass is 256 g/mol. The minimum Gasteiger partial charge on any atom is -0.382 e. The van der Waals surface area contributed by atoms with Crippen LogP contribution in [0.3, 0.4) is 0 Å². The molecule has 3 atom stereocenters. The summed E-state index contributed by atoms with van der Waals surface area (Å²) in [5.74, 6) is -0.562. The van der Waals surface area contributed by atoms with Crippen molar-refractivity contribution in [1.29, 1.82) is 0 Å². The Morgan fingerprint density at radius 3 is 2.76 bits per heavy atom. The molecule has 17 heavy (non-hydrogen) atoms. The Kier molecular flexibility index (Phi) is 4.72. The molecule has 1 amide bonds. The molecule has 0 saturated carbocycles. The zero-order valence-corrected chi connectivity index (χ0v) is 9.25. The fourth-order valence-electron chi connectivity index (χ4n) is 1.52. The summed E-state index contributed by atoms with van der Waals surface area (Å²) in [5, 5.41) is 13.6. The molecule has 0 aromatic heterocycles. The molecule has 1 heterocycles. The van der Waals surface area contributed by atoms with Gasteiger partial charge in [0, 0.05) is 13.7 Å². The molecular formula is C9H15F3N2O3. The highest BCUT2D eigenvalue weighted by Gasteiger charge is 2.39. The normalized spacial score (nSPS) is 26.9. The number of halogens is 3. The van der Waals surface area contributed by atoms with Crippen LogP contribution >= 0.6 is 0 Å². The minimum atomic E-state index is -4.72. The van der Waals surface area contributed by atoms with E-state index >= 15 is 0 Å². The maximum Gasteiger partial charge on any atom is 0.416 e. The first-order valence-electron chi connectivity index (χ1n) is 5.13. The fourth-order valence-corrected chi connectivity index (χ4v) is 1.52. The quantitative estimate of drug-likeness (QED) is 0.628. The van der Waals surface area contributed by atoms with E-state index in [1.165, 1.54) is 7.11 Å². The number of rotatable bonds is 4. The number of amides is 1. The second-order valence-corrected chi connectivity index (χ2v) is 3.86. The maximum atomic E-state index is 12.0. The lowest BCUT2D eigenvalue weighted by molar-refractivity contribution is -0.201. The molecule has 0 aromatic rings. The largest absolute Gasteiger partial charge is 0.416 e. The van der Waals surface area contributed by atoms with Gasteiger partial charge >= 0.3 is 6.18 Å². The highest BCUT2D eigenvalue weighted by Crippen LogP contribution is 2.19. The van der Waals surface area contributed by atoms with Crippen LogP contribution in [-0.2, 0) is 9.53 Å². The van der Waals surface area contributed by atoms with E-state index in [0.717, 1.165) is 0 Å². The van der Waals surface area contributed by atoms with Gasteiger partial charge in [0.15, 0.2) is 6.10 Å². The third kappa shape index (κ3) is 4.14. The topological polar surface area (TPSA) is 70.6 Å². The molecule has 3 unspecified atom stereocenters. The van der Waals surface area contributed by atoms with Crippen molar-refractivity contribution in [3.63, 3.8) is 0 Å². The summed E-state index contributed by atoms with van der Waals surface area (Å²) >= 11 is 0. The molecular weight excluding hydrogens is 241 g/mol. The van der Waals surface area contributed by atoms with Crippen LogP contribution in [0.4, 0.5) is 13.2 Å². The average Bonchev–Trinajstić information content (AvgIpc) is 2.72. The molecule has 0 spiro atoms. The Labute approximate surface area is 96.3 Å². The Morgan fingerprint density at radius 2 is 2.29 bits per heavy atom. The Morgan fingerprint density at radius 1 is 1.65 bits per heavy atom. The Hall–Kier alpha value is -0.860. The highest BCUT2D eigenvalue weighted by molar-refractivity contribution is 5.82. The van der Waals surface area contributed by atoms with E-state index < -0.39 is 30.8 Å². The van der Waals surface area contributed by atoms with Gasteiger partial charge in [-0.05, 0) is 6.42 Å². The zero-order chi connectivity index (χ0) is 13.1. The zero-order valence-electron chi connectivity index (χ0n) is 9.25. The molecule has 100 valence electrons. The first kappa shape index (κ1) is 14.2. The van der Waals surface area contributed by atoms with Crippen molar-refractivity contribution in [1.82, 2.24) is 10.6 Å². The average molecular weight is 256 g/mol. The van der Waals surface area contributed by atoms with Gasteiger partial charge in [-0.25, -0.2) is 0 Å². The number of hydrogen-bond acceptors (Lipinski definition) is 4. The first-order chi connectivity index (χ1) is 7.84. The van der Waals surface area contributed by atoms with Crippen molar-refractivity contribution in [2.75, 3.05) is 20.2 Å². The summed E-state index contributed by atoms with van der Waals surface area (Å²) in [7, 11) is 1.50. The SMILES string of the molecule is COC1CNC(C(=O)NCC(O)C(F)(F)F)C1. The van der Waals surface area contributed by atoms with E-state index in [4.69, 9.17) is 9.84 Å². The molecule has 1 aliphatic heterocycles. The minimum absolute atomic E-state index is 0.113. The van der Waals surface area contributed by atoms with Crippen molar-refractivity contribution in [3.8, 4) is 0 Å². The number of alkyl halides is 3. The van der Waals surface area contributed by atoms with Crippen molar-refractivity contribution in [2.45, 2.75) is 30.8 Å². The molecule has 1 aliphatic rings. The van der Waals surface area contributed by atoms with Crippen LogP contribution in [0.1, 0.15) is 6.42 Å². The molecule has 3 N–H and O–H groups in total. The van der Waals surface area contributed by atoms with Crippen molar-refractivity contribution in [2.24, 2.45) is 0 Å². The van der Waals surface area contributed by atoms with Gasteiger partial charge in [0.05, 0.1) is 18.7 Å². The van der Waals surface area contributed by atoms with E-state index in [-0.39, 0.29) is 6.10 Å². The molecule has 0 aliphatic carbocycles. The molecule has 8 heteroatoms. The summed E-state index contributed by atoms with van der Waals surface area (Å²) in [5.41, 5.74) is 0. The lowest BCUT2D eigenvalue weighted by Crippen LogP contribution is -2.46. The summed E-state index contributed by atoms with van der Waals surface area (Å²) < 4.78 is 40.9. The second-order valence-electron chi connectivity index (χ2n) is 3.86. The number of carbonyl (C=O) groups excluding carboxylic acids is 1. The van der Waals surface area contributed by atoms with Crippen LogP contribution in [0.5, 0.6) is 0 Å². The summed E-state index contributed by atoms with van der Waals surface area (Å²) in [6.45, 7) is -0.353. The first-order valence-corrected chi connectivity index (χ1v) is 5.13. The molecule has 1 saturated heterocycles. The van der Waals surface area contributed by atoms with Gasteiger partial charge in [-0.15, -0.1) is 0 Å². The van der Waals surface area contributed by atoms with Gasteiger partial charge in [-0.2, -0.15) is 13.2 Å². The predicted octanol–water partition coefficient (Wildman–Crippen LogP) is -0.597. The fraction of sp³-hybridized carbons (Fsp3) is 0.889. The molecule has 0 bridgehead atoms. The van der Waals surface area contributed by atoms with E-state index in [1.54, 1.807) is 0 Å². The smallest absolute Gasteiger partial charge is 0.382 e. The van der Waals surface area contributed by atoms with E-state index in [9.17, 15) is 18.0 Å². The number of ether oxygens (including phenoxy) is 1. The summed E-state index contributed by atoms with van der Waals surface area (Å²) in [6, 6.07) is -0.569. The van der Waals surface area contributed by atoms with Crippen LogP contribution in [0, 0.1) is 0 Å². The van der Waals surface area contributed by atoms with Crippen molar-refractivity contribution >= 4 is 5.91 Å². The van der Waals surface area contributed by atoms with Gasteiger partial charge in [-0.1, -0.05) is 0 Å². The van der Waals surface area contributed by atoms with Gasteiger partial charge in [0.2, 0.25) is 5.91 Å². The lowest BCUT2D eigenvalue weighted by Gasteiger charge is -2.16. The Bertz CT molecular complexity index is 273. The second kappa shape index (κ2) is 5.65. The predicted molar refractivity (Wildman–Crippen MR) is 52.3 cm³/mol. The van der Waals surface area contributed by atoms with Crippen molar-refractivity contribution < 1.29 is 27.8 Å². The summed E-state index contributed by atoms with van der Waals surface area (Å²) in [4.78, 5) is 11.4. The van der Waals surface area contributed by atoms with Crippen LogP contribution in [0.25, 0.3) is 0 Å². The van der Waals surface area contributed by atoms with Gasteiger partial charge in [0.25, 0.3) is 0 Å². The lowest BCUT2D eigenvalue weighted by atomic mass is 10.2. The van der Waals surface area contributed by atoms with Crippen LogP contribution < -0.4 is 10.6 Å². The standard InChI is InChI=1S/C9H15F3N2O3/c1-17-5-2-6(13-3-5)8(16)14-4-7(15)9(10,11)12/h5-7,13,15H,2-4H2,1H3,(H,14,16). The maximum absolute atomic E-state index is 12.0. The van der Waals surface area contributed by atoms with Gasteiger partial charge in [0.1, 0.15) is 0 Å². The number of aliphatic hydroxyl groups excluding tert-OH is 1. The Balaban J connectivity index is 2.31. The van der Waals surface area contributed by atoms with Crippen LogP contribution in [-0.4, -0.2) is 55.6 Å². The highest BCUT2D eigenvalue weighted by atomic mass is 19.4.